The summed E-state index contributed by atoms with van der Waals surface area (Å²) in [6, 6.07) is 68.9. The highest BCUT2D eigenvalue weighted by atomic mass is 15.1. The summed E-state index contributed by atoms with van der Waals surface area (Å²) in [6.07, 6.45) is 0. The molecular formula is C50H32N4. The first-order valence-corrected chi connectivity index (χ1v) is 18.4. The molecule has 0 bridgehead atoms. The summed E-state index contributed by atoms with van der Waals surface area (Å²) in [6.45, 7) is 0. The van der Waals surface area contributed by atoms with Crippen molar-refractivity contribution in [1.29, 1.82) is 0 Å². The lowest BCUT2D eigenvalue weighted by Crippen LogP contribution is -2.31. The van der Waals surface area contributed by atoms with Crippen molar-refractivity contribution in [2.45, 2.75) is 5.41 Å². The lowest BCUT2D eigenvalue weighted by molar-refractivity contribution is 0.693. The number of hydrogen-bond acceptors (Lipinski definition) is 3. The topological polar surface area (TPSA) is 43.6 Å². The van der Waals surface area contributed by atoms with E-state index in [0.29, 0.717) is 17.5 Å². The molecule has 54 heavy (non-hydrogen) atoms. The number of fused-ring (bicyclic) bond motifs is 7. The Kier molecular flexibility index (Phi) is 6.73. The van der Waals surface area contributed by atoms with Crippen LogP contribution >= 0.6 is 0 Å². The van der Waals surface area contributed by atoms with Crippen molar-refractivity contribution in [2.75, 3.05) is 0 Å². The smallest absolute Gasteiger partial charge is 0.163 e. The summed E-state index contributed by atoms with van der Waals surface area (Å²) in [5, 5.41) is 4.76. The van der Waals surface area contributed by atoms with E-state index in [-0.39, 0.29) is 0 Å². The molecule has 4 heteroatoms. The molecule has 0 spiro atoms. The third-order valence-corrected chi connectivity index (χ3v) is 11.1. The average Bonchev–Trinajstić information content (AvgIpc) is 3.74. The number of aromatic nitrogens is 4. The van der Waals surface area contributed by atoms with Gasteiger partial charge in [-0.2, -0.15) is 0 Å². The van der Waals surface area contributed by atoms with E-state index in [0.717, 1.165) is 44.5 Å². The molecule has 0 atom stereocenters. The summed E-state index contributed by atoms with van der Waals surface area (Å²) in [5.74, 6) is 1.97. The largest absolute Gasteiger partial charge is 0.309 e. The molecule has 0 N–H and O–H groups in total. The third-order valence-electron chi connectivity index (χ3n) is 11.1. The minimum absolute atomic E-state index is 0.632. The van der Waals surface area contributed by atoms with Crippen LogP contribution in [0.1, 0.15) is 22.5 Å². The summed E-state index contributed by atoms with van der Waals surface area (Å²) < 4.78 is 2.34. The lowest BCUT2D eigenvalue weighted by Gasteiger charge is -2.32. The van der Waals surface area contributed by atoms with Gasteiger partial charge in [-0.05, 0) is 68.9 Å². The van der Waals surface area contributed by atoms with Gasteiger partial charge in [0, 0.05) is 27.6 Å². The first kappa shape index (κ1) is 30.5. The van der Waals surface area contributed by atoms with E-state index < -0.39 is 5.41 Å². The van der Waals surface area contributed by atoms with Crippen LogP contribution in [0.5, 0.6) is 0 Å². The van der Waals surface area contributed by atoms with Crippen molar-refractivity contribution < 1.29 is 0 Å². The molecule has 10 aromatic rings. The van der Waals surface area contributed by atoms with E-state index in [9.17, 15) is 0 Å². The fourth-order valence-electron chi connectivity index (χ4n) is 8.69. The van der Waals surface area contributed by atoms with E-state index in [1.807, 2.05) is 18.2 Å². The normalized spacial score (nSPS) is 13.0. The molecule has 1 aliphatic rings. The summed E-state index contributed by atoms with van der Waals surface area (Å²) in [4.78, 5) is 16.3. The van der Waals surface area contributed by atoms with Gasteiger partial charge in [0.1, 0.15) is 5.41 Å². The number of nitrogens with zero attached hydrogens (tertiary/aromatic N) is 4. The van der Waals surface area contributed by atoms with Crippen LogP contribution in [0.4, 0.5) is 0 Å². The van der Waals surface area contributed by atoms with Crippen LogP contribution in [-0.2, 0) is 5.41 Å². The van der Waals surface area contributed by atoms with Crippen LogP contribution < -0.4 is 0 Å². The summed E-state index contributed by atoms with van der Waals surface area (Å²) >= 11 is 0. The molecule has 1 aliphatic carbocycles. The van der Waals surface area contributed by atoms with Gasteiger partial charge in [0.25, 0.3) is 0 Å². The Morgan fingerprint density at radius 1 is 0.389 bits per heavy atom. The highest BCUT2D eigenvalue weighted by molar-refractivity contribution is 6.10. The van der Waals surface area contributed by atoms with E-state index in [2.05, 4.69) is 180 Å². The minimum atomic E-state index is -0.804. The van der Waals surface area contributed by atoms with Gasteiger partial charge in [0.2, 0.25) is 0 Å². The van der Waals surface area contributed by atoms with Gasteiger partial charge < -0.3 is 4.57 Å². The zero-order chi connectivity index (χ0) is 35.6. The minimum Gasteiger partial charge on any atom is -0.309 e. The standard InChI is InChI=1S/C50H32N4/c1-3-16-34(17-4-1)47-51-48(36-28-30-42-41-23-11-14-26-45(41)54(46(42)32-36)38-19-5-2-6-20-38)53-49(52-47)50(37-29-27-33-15-7-8-18-35(33)31-37)43-24-12-9-21-39(43)40-22-10-13-25-44(40)50/h1-32H. The molecule has 0 radical (unpaired) electrons. The van der Waals surface area contributed by atoms with Crippen molar-refractivity contribution in [3.8, 4) is 39.6 Å². The fraction of sp³-hybridized carbons (Fsp3) is 0.0200. The maximum absolute atomic E-state index is 5.57. The van der Waals surface area contributed by atoms with E-state index in [1.54, 1.807) is 0 Å². The molecule has 11 rings (SSSR count). The summed E-state index contributed by atoms with van der Waals surface area (Å²) in [7, 11) is 0. The lowest BCUT2D eigenvalue weighted by atomic mass is 9.71. The van der Waals surface area contributed by atoms with Gasteiger partial charge >= 0.3 is 0 Å². The Morgan fingerprint density at radius 2 is 0.981 bits per heavy atom. The van der Waals surface area contributed by atoms with Crippen LogP contribution in [0.25, 0.3) is 72.2 Å². The molecule has 0 unspecified atom stereocenters. The maximum atomic E-state index is 5.57. The summed E-state index contributed by atoms with van der Waals surface area (Å²) in [5.41, 5.74) is 10.3. The third kappa shape index (κ3) is 4.47. The van der Waals surface area contributed by atoms with Crippen LogP contribution in [0, 0.1) is 0 Å². The van der Waals surface area contributed by atoms with Crippen LogP contribution in [0.3, 0.4) is 0 Å². The molecule has 2 heterocycles. The first-order chi connectivity index (χ1) is 26.8. The number of benzene rings is 8. The SMILES string of the molecule is c1ccc(-c2nc(-c3ccc4c5ccccc5n(-c5ccccc5)c4c3)nc(C3(c4ccc5ccccc5c4)c4ccccc4-c4ccccc43)n2)cc1. The molecule has 0 saturated carbocycles. The van der Waals surface area contributed by atoms with E-state index in [1.165, 1.54) is 32.7 Å². The predicted octanol–water partition coefficient (Wildman–Crippen LogP) is 11.8. The number of rotatable bonds is 5. The van der Waals surface area contributed by atoms with Crippen LogP contribution in [0.15, 0.2) is 194 Å². The number of para-hydroxylation sites is 2. The van der Waals surface area contributed by atoms with Crippen LogP contribution in [-0.4, -0.2) is 19.5 Å². The molecule has 8 aromatic carbocycles. The Morgan fingerprint density at radius 3 is 1.74 bits per heavy atom. The Labute approximate surface area is 312 Å². The average molecular weight is 689 g/mol. The highest BCUT2D eigenvalue weighted by Crippen LogP contribution is 2.55. The van der Waals surface area contributed by atoms with Crippen molar-refractivity contribution in [3.05, 3.63) is 217 Å². The Hall–Kier alpha value is -7.17. The van der Waals surface area contributed by atoms with Crippen molar-refractivity contribution in [3.63, 3.8) is 0 Å². The van der Waals surface area contributed by atoms with Crippen molar-refractivity contribution >= 4 is 32.6 Å². The maximum Gasteiger partial charge on any atom is 0.163 e. The van der Waals surface area contributed by atoms with Gasteiger partial charge in [-0.25, -0.2) is 15.0 Å². The molecule has 0 fully saturated rings. The molecule has 0 aliphatic heterocycles. The highest BCUT2D eigenvalue weighted by Gasteiger charge is 2.49. The van der Waals surface area contributed by atoms with Crippen LogP contribution in [0.2, 0.25) is 0 Å². The zero-order valence-electron chi connectivity index (χ0n) is 29.3. The van der Waals surface area contributed by atoms with Gasteiger partial charge in [-0.3, -0.25) is 0 Å². The van der Waals surface area contributed by atoms with Crippen molar-refractivity contribution in [2.24, 2.45) is 0 Å². The molecule has 2 aromatic heterocycles. The van der Waals surface area contributed by atoms with Gasteiger partial charge in [0.05, 0.1) is 11.0 Å². The Balaban J connectivity index is 1.24. The monoisotopic (exact) mass is 688 g/mol. The second-order valence-corrected chi connectivity index (χ2v) is 14.0. The molecule has 4 nitrogen and oxygen atoms in total. The van der Waals surface area contributed by atoms with Gasteiger partial charge in [-0.1, -0.05) is 164 Å². The zero-order valence-corrected chi connectivity index (χ0v) is 29.3. The Bertz CT molecular complexity index is 3010. The molecule has 252 valence electrons. The van der Waals surface area contributed by atoms with E-state index in [4.69, 9.17) is 15.0 Å². The van der Waals surface area contributed by atoms with E-state index >= 15 is 0 Å². The first-order valence-electron chi connectivity index (χ1n) is 18.4. The predicted molar refractivity (Wildman–Crippen MR) is 220 cm³/mol. The second-order valence-electron chi connectivity index (χ2n) is 14.0. The fourth-order valence-corrected chi connectivity index (χ4v) is 8.69. The molecule has 0 amide bonds. The van der Waals surface area contributed by atoms with Gasteiger partial charge in [0.15, 0.2) is 17.5 Å². The quantitative estimate of drug-likeness (QED) is 0.181. The second kappa shape index (κ2) is 11.9. The van der Waals surface area contributed by atoms with Crippen molar-refractivity contribution in [1.82, 2.24) is 19.5 Å². The number of hydrogen-bond donors (Lipinski definition) is 0. The van der Waals surface area contributed by atoms with Gasteiger partial charge in [-0.15, -0.1) is 0 Å². The molecule has 0 saturated heterocycles. The molecular weight excluding hydrogens is 657 g/mol.